The molecule has 3 heterocycles. The smallest absolute Gasteiger partial charge is 0.193 e. The molecule has 7 heteroatoms. The molecule has 0 aliphatic carbocycles. The van der Waals surface area contributed by atoms with Gasteiger partial charge in [-0.1, -0.05) is 0 Å². The molecule has 0 spiro atoms. The Hall–Kier alpha value is -2.93. The zero-order valence-corrected chi connectivity index (χ0v) is 17.0. The van der Waals surface area contributed by atoms with Gasteiger partial charge in [-0.25, -0.2) is 4.98 Å². The van der Waals surface area contributed by atoms with Crippen LogP contribution in [-0.4, -0.2) is 28.6 Å². The average Bonchev–Trinajstić information content (AvgIpc) is 3.20. The van der Waals surface area contributed by atoms with Crippen LogP contribution in [0.4, 0.5) is 0 Å². The Kier molecular flexibility index (Phi) is 4.55. The number of carbonyl (C=O) groups is 1. The lowest BCUT2D eigenvalue weighted by Gasteiger charge is -2.38. The van der Waals surface area contributed by atoms with Crippen molar-refractivity contribution in [3.8, 4) is 27.6 Å². The average molecular weight is 395 g/mol. The number of ether oxygens (including phenoxy) is 1. The van der Waals surface area contributed by atoms with E-state index in [-0.39, 0.29) is 22.8 Å². The van der Waals surface area contributed by atoms with Gasteiger partial charge >= 0.3 is 0 Å². The Bertz CT molecular complexity index is 1120. The third kappa shape index (κ3) is 2.92. The molecule has 3 aromatic rings. The van der Waals surface area contributed by atoms with Crippen molar-refractivity contribution in [2.45, 2.75) is 33.4 Å². The number of pyridine rings is 1. The number of rotatable bonds is 4. The molecular weight excluding hydrogens is 374 g/mol. The molecule has 2 aromatic heterocycles. The minimum atomic E-state index is -0.265. The van der Waals surface area contributed by atoms with Gasteiger partial charge in [-0.15, -0.1) is 11.3 Å². The van der Waals surface area contributed by atoms with Crippen LogP contribution in [0.5, 0.6) is 5.75 Å². The molecule has 0 amide bonds. The van der Waals surface area contributed by atoms with E-state index in [2.05, 4.69) is 29.9 Å². The number of benzene rings is 1. The molecule has 1 aliphatic heterocycles. The van der Waals surface area contributed by atoms with Crippen LogP contribution in [0, 0.1) is 0 Å². The second kappa shape index (κ2) is 6.91. The number of hydrogen-bond acceptors (Lipinski definition) is 6. The van der Waals surface area contributed by atoms with Crippen molar-refractivity contribution >= 4 is 17.1 Å². The first kappa shape index (κ1) is 18.4. The van der Waals surface area contributed by atoms with Gasteiger partial charge in [0.25, 0.3) is 0 Å². The van der Waals surface area contributed by atoms with Crippen LogP contribution in [0.2, 0.25) is 0 Å². The fraction of sp³-hybridized carbons (Fsp3) is 0.286. The summed E-state index contributed by atoms with van der Waals surface area (Å²) in [5.41, 5.74) is 3.66. The van der Waals surface area contributed by atoms with E-state index >= 15 is 0 Å². The van der Waals surface area contributed by atoms with E-state index in [1.165, 1.54) is 6.92 Å². The number of Topliss-reactive ketones (excluding diaryl/α,β-unsaturated/α-hetero) is 1. The van der Waals surface area contributed by atoms with Crippen LogP contribution in [0.3, 0.4) is 0 Å². The highest BCUT2D eigenvalue weighted by molar-refractivity contribution is 7.13. The van der Waals surface area contributed by atoms with E-state index in [0.717, 1.165) is 27.4 Å². The Balaban J connectivity index is 1.99. The van der Waals surface area contributed by atoms with Crippen LogP contribution < -0.4 is 15.2 Å². The van der Waals surface area contributed by atoms with Gasteiger partial charge in [0.15, 0.2) is 11.2 Å². The summed E-state index contributed by atoms with van der Waals surface area (Å²) in [5.74, 6) is 0.479. The number of hydrogen-bond donors (Lipinski definition) is 0. The Morgan fingerprint density at radius 1 is 1.25 bits per heavy atom. The number of methoxy groups -OCH3 is 1. The van der Waals surface area contributed by atoms with Gasteiger partial charge in [-0.05, 0) is 38.5 Å². The molecule has 0 fully saturated rings. The summed E-state index contributed by atoms with van der Waals surface area (Å²) in [6.45, 7) is 6.25. The molecule has 6 nitrogen and oxygen atoms in total. The molecule has 4 rings (SSSR count). The van der Waals surface area contributed by atoms with Gasteiger partial charge in [-0.2, -0.15) is 0 Å². The molecule has 0 unspecified atom stereocenters. The zero-order valence-electron chi connectivity index (χ0n) is 16.2. The maximum atomic E-state index is 12.5. The lowest BCUT2D eigenvalue weighted by atomic mass is 9.97. The third-order valence-electron chi connectivity index (χ3n) is 4.98. The highest BCUT2D eigenvalue weighted by atomic mass is 32.1. The van der Waals surface area contributed by atoms with E-state index in [4.69, 9.17) is 4.74 Å². The standard InChI is InChI=1S/C21H21N3O3S/c1-12(2)23-10-14-7-16(21-22-5-6-28-21)20(27-4)8-15(14)18-9-19(26)17(13(3)25)11-24(18)23/h5-9,11-12H,10H2,1-4H3. The second-order valence-electron chi connectivity index (χ2n) is 7.08. The number of fused-ring (bicyclic) bond motifs is 3. The van der Waals surface area contributed by atoms with Crippen molar-refractivity contribution < 1.29 is 9.53 Å². The Morgan fingerprint density at radius 3 is 2.64 bits per heavy atom. The van der Waals surface area contributed by atoms with Crippen molar-refractivity contribution in [1.29, 1.82) is 0 Å². The lowest BCUT2D eigenvalue weighted by molar-refractivity contribution is 0.101. The molecular formula is C21H21N3O3S. The van der Waals surface area contributed by atoms with Crippen LogP contribution in [-0.2, 0) is 6.54 Å². The summed E-state index contributed by atoms with van der Waals surface area (Å²) in [5, 5.41) is 4.97. The summed E-state index contributed by atoms with van der Waals surface area (Å²) < 4.78 is 7.55. The summed E-state index contributed by atoms with van der Waals surface area (Å²) in [4.78, 5) is 28.8. The number of aromatic nitrogens is 2. The summed E-state index contributed by atoms with van der Waals surface area (Å²) >= 11 is 1.56. The van der Waals surface area contributed by atoms with Gasteiger partial charge in [0.05, 0.1) is 30.5 Å². The number of nitrogens with zero attached hydrogens (tertiary/aromatic N) is 3. The minimum absolute atomic E-state index is 0.180. The van der Waals surface area contributed by atoms with E-state index in [9.17, 15) is 9.59 Å². The molecule has 28 heavy (non-hydrogen) atoms. The van der Waals surface area contributed by atoms with Gasteiger partial charge in [0.1, 0.15) is 10.8 Å². The molecule has 0 saturated carbocycles. The van der Waals surface area contributed by atoms with Gasteiger partial charge in [0, 0.05) is 35.4 Å². The van der Waals surface area contributed by atoms with Gasteiger partial charge < -0.3 is 9.75 Å². The highest BCUT2D eigenvalue weighted by Crippen LogP contribution is 2.40. The maximum Gasteiger partial charge on any atom is 0.193 e. The van der Waals surface area contributed by atoms with Gasteiger partial charge in [-0.3, -0.25) is 14.3 Å². The summed E-state index contributed by atoms with van der Waals surface area (Å²) in [6.07, 6.45) is 3.43. The molecule has 1 aromatic carbocycles. The highest BCUT2D eigenvalue weighted by Gasteiger charge is 2.27. The molecule has 0 atom stereocenters. The Morgan fingerprint density at radius 2 is 2.04 bits per heavy atom. The Labute approximate surface area is 167 Å². The molecule has 0 radical (unpaired) electrons. The van der Waals surface area contributed by atoms with Crippen molar-refractivity contribution in [1.82, 2.24) is 9.66 Å². The first-order valence-electron chi connectivity index (χ1n) is 9.06. The van der Waals surface area contributed by atoms with Crippen LogP contribution in [0.15, 0.2) is 40.8 Å². The van der Waals surface area contributed by atoms with Crippen molar-refractivity contribution in [2.75, 3.05) is 12.1 Å². The molecule has 0 bridgehead atoms. The minimum Gasteiger partial charge on any atom is -0.496 e. The molecule has 144 valence electrons. The topological polar surface area (TPSA) is 64.4 Å². The number of thiazole rings is 1. The fourth-order valence-corrected chi connectivity index (χ4v) is 4.23. The number of ketones is 1. The monoisotopic (exact) mass is 395 g/mol. The quantitative estimate of drug-likeness (QED) is 0.630. The summed E-state index contributed by atoms with van der Waals surface area (Å²) in [6, 6.07) is 5.78. The number of carbonyl (C=O) groups excluding carboxylic acids is 1. The van der Waals surface area contributed by atoms with Crippen LogP contribution >= 0.6 is 11.3 Å². The largest absolute Gasteiger partial charge is 0.496 e. The third-order valence-corrected chi connectivity index (χ3v) is 5.79. The van der Waals surface area contributed by atoms with E-state index in [1.807, 2.05) is 16.1 Å². The van der Waals surface area contributed by atoms with E-state index < -0.39 is 0 Å². The van der Waals surface area contributed by atoms with E-state index in [0.29, 0.717) is 12.3 Å². The predicted octanol–water partition coefficient (Wildman–Crippen LogP) is 3.71. The SMILES string of the molecule is COc1cc2c(cc1-c1nccs1)CN(C(C)C)n1cc(C(C)=O)c(=O)cc1-2. The summed E-state index contributed by atoms with van der Waals surface area (Å²) in [7, 11) is 1.63. The molecule has 0 N–H and O–H groups in total. The normalized spacial score (nSPS) is 12.7. The van der Waals surface area contributed by atoms with Crippen LogP contribution in [0.1, 0.15) is 36.7 Å². The second-order valence-corrected chi connectivity index (χ2v) is 7.97. The fourth-order valence-electron chi connectivity index (χ4n) is 3.57. The first-order chi connectivity index (χ1) is 13.4. The first-order valence-corrected chi connectivity index (χ1v) is 9.94. The van der Waals surface area contributed by atoms with Crippen molar-refractivity contribution in [3.63, 3.8) is 0 Å². The zero-order chi connectivity index (χ0) is 20.0. The predicted molar refractivity (Wildman–Crippen MR) is 111 cm³/mol. The van der Waals surface area contributed by atoms with Crippen molar-refractivity contribution in [2.24, 2.45) is 0 Å². The van der Waals surface area contributed by atoms with Crippen molar-refractivity contribution in [3.05, 3.63) is 57.3 Å². The maximum absolute atomic E-state index is 12.5. The van der Waals surface area contributed by atoms with E-state index in [1.54, 1.807) is 36.9 Å². The van der Waals surface area contributed by atoms with Crippen LogP contribution in [0.25, 0.3) is 21.8 Å². The molecule has 0 saturated heterocycles. The lowest BCUT2D eigenvalue weighted by Crippen LogP contribution is -2.44. The van der Waals surface area contributed by atoms with Gasteiger partial charge in [0.2, 0.25) is 0 Å². The molecule has 1 aliphatic rings.